The van der Waals surface area contributed by atoms with Gasteiger partial charge >= 0.3 is 5.97 Å². The normalized spacial score (nSPS) is 59.8. The van der Waals surface area contributed by atoms with Crippen molar-refractivity contribution in [3.63, 3.8) is 0 Å². The maximum Gasteiger partial charge on any atom is 0.311 e. The molecule has 1 aliphatic carbocycles. The van der Waals surface area contributed by atoms with Gasteiger partial charge in [-0.25, -0.2) is 0 Å². The standard InChI is InChI=1S/C7H6I4O2/c1-2-5(12)13-7(11)4(9)3(8)6(2,7)10/h2-4H,1H3. The van der Waals surface area contributed by atoms with Gasteiger partial charge in [-0.05, 0) is 22.6 Å². The first-order valence-electron chi connectivity index (χ1n) is 3.74. The Kier molecular flexibility index (Phi) is 3.14. The Morgan fingerprint density at radius 1 is 1.31 bits per heavy atom. The zero-order valence-electron chi connectivity index (χ0n) is 6.56. The van der Waals surface area contributed by atoms with Crippen LogP contribution in [-0.2, 0) is 9.53 Å². The highest BCUT2D eigenvalue weighted by Gasteiger charge is 2.78. The molecule has 0 amide bonds. The molecule has 0 aromatic rings. The molecule has 6 heteroatoms. The predicted octanol–water partition coefficient (Wildman–Crippen LogP) is 3.11. The lowest BCUT2D eigenvalue weighted by Gasteiger charge is -2.55. The monoisotopic (exact) mass is 630 g/mol. The van der Waals surface area contributed by atoms with Gasteiger partial charge in [0.2, 0.25) is 0 Å². The number of rotatable bonds is 0. The van der Waals surface area contributed by atoms with Crippen LogP contribution in [-0.4, -0.2) is 20.8 Å². The van der Waals surface area contributed by atoms with Crippen LogP contribution in [0.3, 0.4) is 0 Å². The summed E-state index contributed by atoms with van der Waals surface area (Å²) in [5.41, 5.74) is 0. The Morgan fingerprint density at radius 2 is 1.85 bits per heavy atom. The number of fused-ring (bicyclic) bond motifs is 1. The van der Waals surface area contributed by atoms with Crippen LogP contribution in [0, 0.1) is 5.92 Å². The first-order valence-corrected chi connectivity index (χ1v) is 8.39. The number of carbonyl (C=O) groups excluding carboxylic acids is 1. The van der Waals surface area contributed by atoms with E-state index in [4.69, 9.17) is 4.74 Å². The molecule has 2 rings (SSSR count). The molecule has 2 fully saturated rings. The highest BCUT2D eigenvalue weighted by molar-refractivity contribution is 14.1. The van der Waals surface area contributed by atoms with Crippen LogP contribution in [0.1, 0.15) is 6.92 Å². The number of esters is 1. The second-order valence-corrected chi connectivity index (χ2v) is 9.43. The van der Waals surface area contributed by atoms with E-state index >= 15 is 0 Å². The molecule has 1 saturated carbocycles. The lowest BCUT2D eigenvalue weighted by Crippen LogP contribution is -2.70. The fraction of sp³-hybridized carbons (Fsp3) is 0.857. The van der Waals surface area contributed by atoms with Crippen LogP contribution in [0.25, 0.3) is 0 Å². The van der Waals surface area contributed by atoms with E-state index in [0.717, 1.165) is 0 Å². The molecule has 1 aliphatic heterocycles. The minimum atomic E-state index is -0.270. The number of carbonyl (C=O) groups is 1. The molecular formula is C7H6I4O2. The maximum atomic E-state index is 11.5. The van der Waals surface area contributed by atoms with Crippen LogP contribution in [0.15, 0.2) is 0 Å². The van der Waals surface area contributed by atoms with E-state index in [9.17, 15) is 4.79 Å². The van der Waals surface area contributed by atoms with E-state index in [1.165, 1.54) is 0 Å². The molecule has 0 bridgehead atoms. The molecule has 1 saturated heterocycles. The minimum Gasteiger partial charge on any atom is -0.445 e. The molecule has 0 radical (unpaired) electrons. The predicted molar refractivity (Wildman–Crippen MR) is 84.4 cm³/mol. The lowest BCUT2D eigenvalue weighted by atomic mass is 9.76. The van der Waals surface area contributed by atoms with Crippen LogP contribution < -0.4 is 0 Å². The second kappa shape index (κ2) is 3.44. The van der Waals surface area contributed by atoms with E-state index in [2.05, 4.69) is 90.4 Å². The molecule has 13 heavy (non-hydrogen) atoms. The van der Waals surface area contributed by atoms with Gasteiger partial charge < -0.3 is 4.74 Å². The van der Waals surface area contributed by atoms with Gasteiger partial charge in [-0.15, -0.1) is 0 Å². The van der Waals surface area contributed by atoms with Gasteiger partial charge in [0.05, 0.1) is 13.3 Å². The third kappa shape index (κ3) is 1.23. The van der Waals surface area contributed by atoms with Crippen molar-refractivity contribution in [3.8, 4) is 0 Å². The van der Waals surface area contributed by atoms with Gasteiger partial charge in [0, 0.05) is 3.92 Å². The van der Waals surface area contributed by atoms with E-state index in [1.54, 1.807) is 0 Å². The van der Waals surface area contributed by atoms with Crippen LogP contribution in [0.4, 0.5) is 0 Å². The lowest BCUT2D eigenvalue weighted by molar-refractivity contribution is -0.144. The van der Waals surface area contributed by atoms with Crippen molar-refractivity contribution in [2.45, 2.75) is 21.8 Å². The smallest absolute Gasteiger partial charge is 0.311 e. The summed E-state index contributed by atoms with van der Waals surface area (Å²) in [6.07, 6.45) is 0. The highest BCUT2D eigenvalue weighted by atomic mass is 127. The summed E-state index contributed by atoms with van der Waals surface area (Å²) in [6.45, 7) is 1.98. The average Bonchev–Trinajstić information content (AvgIpc) is 2.26. The zero-order valence-corrected chi connectivity index (χ0v) is 15.2. The summed E-state index contributed by atoms with van der Waals surface area (Å²) in [5, 5.41) is 0. The summed E-state index contributed by atoms with van der Waals surface area (Å²) in [7, 11) is 0. The van der Waals surface area contributed by atoms with Gasteiger partial charge in [0.15, 0.2) is 3.61 Å². The molecule has 0 N–H and O–H groups in total. The van der Waals surface area contributed by atoms with E-state index < -0.39 is 0 Å². The van der Waals surface area contributed by atoms with Crippen molar-refractivity contribution in [2.24, 2.45) is 5.92 Å². The Bertz CT molecular complexity index is 284. The van der Waals surface area contributed by atoms with Crippen molar-refractivity contribution in [3.05, 3.63) is 0 Å². The van der Waals surface area contributed by atoms with Crippen molar-refractivity contribution in [1.82, 2.24) is 0 Å². The fourth-order valence-corrected chi connectivity index (χ4v) is 9.50. The molecule has 5 unspecified atom stereocenters. The summed E-state index contributed by atoms with van der Waals surface area (Å²) < 4.78 is 6.14. The first kappa shape index (κ1) is 11.9. The highest BCUT2D eigenvalue weighted by Crippen LogP contribution is 2.68. The molecule has 74 valence electrons. The van der Waals surface area contributed by atoms with Crippen molar-refractivity contribution in [2.75, 3.05) is 0 Å². The van der Waals surface area contributed by atoms with Crippen LogP contribution >= 0.6 is 90.4 Å². The third-order valence-corrected chi connectivity index (χ3v) is 15.0. The topological polar surface area (TPSA) is 26.3 Å². The summed E-state index contributed by atoms with van der Waals surface area (Å²) in [4.78, 5) is 11.5. The third-order valence-electron chi connectivity index (χ3n) is 2.77. The molecule has 0 aromatic carbocycles. The van der Waals surface area contributed by atoms with Gasteiger partial charge in [-0.1, -0.05) is 74.7 Å². The summed E-state index contributed by atoms with van der Waals surface area (Å²) >= 11 is 9.54. The SMILES string of the molecule is CC1C(=O)OC2(I)C(I)C(I)C12I. The Hall–Kier alpha value is 2.39. The first-order chi connectivity index (χ1) is 5.85. The maximum absolute atomic E-state index is 11.5. The van der Waals surface area contributed by atoms with E-state index in [0.29, 0.717) is 7.85 Å². The Morgan fingerprint density at radius 3 is 2.31 bits per heavy atom. The van der Waals surface area contributed by atoms with Gasteiger partial charge in [-0.3, -0.25) is 4.79 Å². The van der Waals surface area contributed by atoms with Gasteiger partial charge in [0.1, 0.15) is 0 Å². The van der Waals surface area contributed by atoms with Gasteiger partial charge in [-0.2, -0.15) is 0 Å². The molecule has 2 aliphatic rings. The molecule has 5 atom stereocenters. The quantitative estimate of drug-likeness (QED) is 0.234. The Labute approximate surface area is 131 Å². The van der Waals surface area contributed by atoms with Crippen molar-refractivity contribution >= 4 is 96.3 Å². The number of halogens is 4. The fourth-order valence-electron chi connectivity index (χ4n) is 1.78. The average molecular weight is 630 g/mol. The number of ether oxygens (including phenoxy) is 1. The van der Waals surface area contributed by atoms with Gasteiger partial charge in [0.25, 0.3) is 0 Å². The molecule has 0 aromatic heterocycles. The summed E-state index contributed by atoms with van der Waals surface area (Å²) in [6, 6.07) is 0. The summed E-state index contributed by atoms with van der Waals surface area (Å²) in [5.74, 6) is -0.0115. The zero-order chi connectivity index (χ0) is 10.0. The Balaban J connectivity index is 2.44. The van der Waals surface area contributed by atoms with Crippen molar-refractivity contribution < 1.29 is 9.53 Å². The van der Waals surface area contributed by atoms with Crippen molar-refractivity contribution in [1.29, 1.82) is 0 Å². The molecule has 1 heterocycles. The number of alkyl halides is 4. The van der Waals surface area contributed by atoms with E-state index in [1.807, 2.05) is 6.92 Å². The van der Waals surface area contributed by atoms with Crippen LogP contribution in [0.5, 0.6) is 0 Å². The van der Waals surface area contributed by atoms with Crippen LogP contribution in [0.2, 0.25) is 0 Å². The minimum absolute atomic E-state index is 0.00514. The molecular weight excluding hydrogens is 624 g/mol. The number of hydrogen-bond acceptors (Lipinski definition) is 2. The molecule has 2 nitrogen and oxygen atoms in total. The van der Waals surface area contributed by atoms with E-state index in [-0.39, 0.29) is 18.9 Å². The molecule has 0 spiro atoms. The number of hydrogen-bond donors (Lipinski definition) is 0. The largest absolute Gasteiger partial charge is 0.445 e. The second-order valence-electron chi connectivity index (χ2n) is 3.36.